The van der Waals surface area contributed by atoms with Gasteiger partial charge in [0.1, 0.15) is 0 Å². The van der Waals surface area contributed by atoms with E-state index in [0.717, 1.165) is 24.2 Å². The van der Waals surface area contributed by atoms with Crippen molar-refractivity contribution in [3.05, 3.63) is 23.3 Å². The fourth-order valence-electron chi connectivity index (χ4n) is 6.61. The SMILES string of the molecule is CCCCCCCc1cc(CCCCCCC)c(N(C2CCCCC2)C2CCCCC2)cc1N. The van der Waals surface area contributed by atoms with Crippen molar-refractivity contribution in [1.29, 1.82) is 0 Å². The lowest BCUT2D eigenvalue weighted by Crippen LogP contribution is -2.46. The van der Waals surface area contributed by atoms with Crippen LogP contribution in [0.1, 0.15) is 153 Å². The number of hydrogen-bond acceptors (Lipinski definition) is 2. The summed E-state index contributed by atoms with van der Waals surface area (Å²) < 4.78 is 0. The van der Waals surface area contributed by atoms with Crippen LogP contribution in [0.5, 0.6) is 0 Å². The highest BCUT2D eigenvalue weighted by molar-refractivity contribution is 5.66. The number of nitrogens with two attached hydrogens (primary N) is 1. The Morgan fingerprint density at radius 3 is 1.59 bits per heavy atom. The van der Waals surface area contributed by atoms with E-state index < -0.39 is 0 Å². The van der Waals surface area contributed by atoms with Crippen molar-refractivity contribution >= 4 is 11.4 Å². The first-order chi connectivity index (χ1) is 16.7. The molecule has 3 rings (SSSR count). The van der Waals surface area contributed by atoms with Gasteiger partial charge in [0.15, 0.2) is 0 Å². The predicted molar refractivity (Wildman–Crippen MR) is 152 cm³/mol. The lowest BCUT2D eigenvalue weighted by molar-refractivity contribution is 0.339. The fraction of sp³-hybridized carbons (Fsp3) is 0.812. The molecule has 0 saturated heterocycles. The second-order valence-corrected chi connectivity index (χ2v) is 11.5. The molecule has 2 fully saturated rings. The number of benzene rings is 1. The summed E-state index contributed by atoms with van der Waals surface area (Å²) in [5.41, 5.74) is 12.4. The van der Waals surface area contributed by atoms with Crippen molar-refractivity contribution in [2.75, 3.05) is 10.6 Å². The van der Waals surface area contributed by atoms with Crippen LogP contribution in [0, 0.1) is 0 Å². The maximum Gasteiger partial charge on any atom is 0.0424 e. The average molecular weight is 469 g/mol. The lowest BCUT2D eigenvalue weighted by atomic mass is 9.86. The van der Waals surface area contributed by atoms with Crippen LogP contribution >= 0.6 is 0 Å². The normalized spacial score (nSPS) is 17.8. The zero-order chi connectivity index (χ0) is 24.0. The summed E-state index contributed by atoms with van der Waals surface area (Å²) in [6.07, 6.45) is 29.9. The molecule has 1 aromatic carbocycles. The Labute approximate surface area is 212 Å². The third-order valence-corrected chi connectivity index (χ3v) is 8.65. The fourth-order valence-corrected chi connectivity index (χ4v) is 6.61. The minimum Gasteiger partial charge on any atom is -0.398 e. The molecule has 0 bridgehead atoms. The van der Waals surface area contributed by atoms with Gasteiger partial charge in [-0.3, -0.25) is 0 Å². The first kappa shape index (κ1) is 27.4. The van der Waals surface area contributed by atoms with E-state index in [0.29, 0.717) is 0 Å². The predicted octanol–water partition coefficient (Wildman–Crippen LogP) is 9.77. The van der Waals surface area contributed by atoms with Gasteiger partial charge in [0, 0.05) is 23.5 Å². The molecule has 2 aliphatic rings. The molecule has 2 N–H and O–H groups in total. The van der Waals surface area contributed by atoms with E-state index in [-0.39, 0.29) is 0 Å². The number of nitrogen functional groups attached to an aromatic ring is 1. The van der Waals surface area contributed by atoms with Crippen LogP contribution < -0.4 is 10.6 Å². The van der Waals surface area contributed by atoms with Gasteiger partial charge in [0.25, 0.3) is 0 Å². The van der Waals surface area contributed by atoms with E-state index in [4.69, 9.17) is 5.73 Å². The van der Waals surface area contributed by atoms with Crippen molar-refractivity contribution in [1.82, 2.24) is 0 Å². The Balaban J connectivity index is 1.83. The largest absolute Gasteiger partial charge is 0.398 e. The van der Waals surface area contributed by atoms with Crippen LogP contribution in [0.15, 0.2) is 12.1 Å². The lowest BCUT2D eigenvalue weighted by Gasteiger charge is -2.44. The van der Waals surface area contributed by atoms with Crippen LogP contribution in [-0.4, -0.2) is 12.1 Å². The van der Waals surface area contributed by atoms with Gasteiger partial charge in [-0.25, -0.2) is 0 Å². The number of anilines is 2. The second kappa shape index (κ2) is 15.7. The Hall–Kier alpha value is -1.18. The third-order valence-electron chi connectivity index (χ3n) is 8.65. The summed E-state index contributed by atoms with van der Waals surface area (Å²) in [5.74, 6) is 0. The van der Waals surface area contributed by atoms with Crippen molar-refractivity contribution in [2.24, 2.45) is 0 Å². The first-order valence-corrected chi connectivity index (χ1v) is 15.4. The minimum atomic E-state index is 0.731. The Morgan fingerprint density at radius 2 is 1.09 bits per heavy atom. The molecular formula is C32H56N2. The third kappa shape index (κ3) is 8.49. The summed E-state index contributed by atoms with van der Waals surface area (Å²) in [6.45, 7) is 4.62. The topological polar surface area (TPSA) is 29.3 Å². The molecule has 0 spiro atoms. The monoisotopic (exact) mass is 468 g/mol. The standard InChI is InChI=1S/C32H56N2/c1-3-5-7-9-13-19-27-25-28(20-14-10-8-6-4-2)32(26-31(27)33)34(29-21-15-11-16-22-29)30-23-17-12-18-24-30/h25-26,29-30H,3-24,33H2,1-2H3. The first-order valence-electron chi connectivity index (χ1n) is 15.4. The molecule has 0 aliphatic heterocycles. The van der Waals surface area contributed by atoms with E-state index in [2.05, 4.69) is 30.9 Å². The maximum atomic E-state index is 6.80. The molecule has 2 saturated carbocycles. The summed E-state index contributed by atoms with van der Waals surface area (Å²) >= 11 is 0. The molecular weight excluding hydrogens is 412 g/mol. The van der Waals surface area contributed by atoms with Crippen LogP contribution in [0.25, 0.3) is 0 Å². The van der Waals surface area contributed by atoms with E-state index in [1.807, 2.05) is 0 Å². The highest BCUT2D eigenvalue weighted by atomic mass is 15.2. The van der Waals surface area contributed by atoms with Gasteiger partial charge in [-0.05, 0) is 68.6 Å². The van der Waals surface area contributed by atoms with Gasteiger partial charge < -0.3 is 10.6 Å². The van der Waals surface area contributed by atoms with E-state index in [1.165, 1.54) is 146 Å². The Bertz CT molecular complexity index is 652. The van der Waals surface area contributed by atoms with Crippen molar-refractivity contribution in [3.63, 3.8) is 0 Å². The van der Waals surface area contributed by atoms with Crippen LogP contribution in [0.2, 0.25) is 0 Å². The zero-order valence-corrected chi connectivity index (χ0v) is 22.9. The smallest absolute Gasteiger partial charge is 0.0424 e. The quantitative estimate of drug-likeness (QED) is 0.205. The number of aryl methyl sites for hydroxylation is 2. The average Bonchev–Trinajstić information content (AvgIpc) is 2.87. The van der Waals surface area contributed by atoms with Crippen molar-refractivity contribution in [3.8, 4) is 0 Å². The van der Waals surface area contributed by atoms with E-state index in [1.54, 1.807) is 5.56 Å². The number of hydrogen-bond donors (Lipinski definition) is 1. The van der Waals surface area contributed by atoms with Crippen LogP contribution in [-0.2, 0) is 12.8 Å². The van der Waals surface area contributed by atoms with Gasteiger partial charge in [-0.15, -0.1) is 0 Å². The molecule has 0 aromatic heterocycles. The second-order valence-electron chi connectivity index (χ2n) is 11.5. The number of unbranched alkanes of at least 4 members (excludes halogenated alkanes) is 8. The number of nitrogens with zero attached hydrogens (tertiary/aromatic N) is 1. The molecule has 1 aromatic rings. The van der Waals surface area contributed by atoms with Gasteiger partial charge in [0.05, 0.1) is 0 Å². The molecule has 194 valence electrons. The van der Waals surface area contributed by atoms with Gasteiger partial charge in [0.2, 0.25) is 0 Å². The molecule has 0 heterocycles. The van der Waals surface area contributed by atoms with Gasteiger partial charge >= 0.3 is 0 Å². The molecule has 34 heavy (non-hydrogen) atoms. The summed E-state index contributed by atoms with van der Waals surface area (Å²) in [7, 11) is 0. The Kier molecular flexibility index (Phi) is 12.7. The van der Waals surface area contributed by atoms with Crippen molar-refractivity contribution < 1.29 is 0 Å². The zero-order valence-electron chi connectivity index (χ0n) is 22.9. The maximum absolute atomic E-state index is 6.80. The highest BCUT2D eigenvalue weighted by Gasteiger charge is 2.30. The minimum absolute atomic E-state index is 0.731. The van der Waals surface area contributed by atoms with Gasteiger partial charge in [-0.1, -0.05) is 110 Å². The summed E-state index contributed by atoms with van der Waals surface area (Å²) in [6, 6.07) is 6.46. The molecule has 2 nitrogen and oxygen atoms in total. The molecule has 0 atom stereocenters. The molecule has 0 radical (unpaired) electrons. The van der Waals surface area contributed by atoms with E-state index >= 15 is 0 Å². The summed E-state index contributed by atoms with van der Waals surface area (Å²) in [4.78, 5) is 2.93. The number of rotatable bonds is 15. The van der Waals surface area contributed by atoms with Crippen molar-refractivity contribution in [2.45, 2.75) is 167 Å². The highest BCUT2D eigenvalue weighted by Crippen LogP contribution is 2.38. The van der Waals surface area contributed by atoms with E-state index in [9.17, 15) is 0 Å². The molecule has 0 unspecified atom stereocenters. The molecule has 2 heteroatoms. The van der Waals surface area contributed by atoms with Crippen LogP contribution in [0.3, 0.4) is 0 Å². The van der Waals surface area contributed by atoms with Gasteiger partial charge in [-0.2, -0.15) is 0 Å². The molecule has 0 amide bonds. The Morgan fingerprint density at radius 1 is 0.618 bits per heavy atom. The summed E-state index contributed by atoms with van der Waals surface area (Å²) in [5, 5.41) is 0. The molecule has 2 aliphatic carbocycles. The van der Waals surface area contributed by atoms with Crippen LogP contribution in [0.4, 0.5) is 11.4 Å².